The molecule has 0 aliphatic heterocycles. The number of benzene rings is 2. The first kappa shape index (κ1) is 16.1. The average molecular weight is 373 g/mol. The molecule has 0 fully saturated rings. The van der Waals surface area contributed by atoms with E-state index in [0.717, 1.165) is 10.2 Å². The van der Waals surface area contributed by atoms with Crippen molar-refractivity contribution in [3.63, 3.8) is 0 Å². The van der Waals surface area contributed by atoms with Gasteiger partial charge >= 0.3 is 0 Å². The first-order valence-corrected chi connectivity index (χ1v) is 7.77. The second-order valence-corrected chi connectivity index (χ2v) is 6.22. The summed E-state index contributed by atoms with van der Waals surface area (Å²) < 4.78 is 20.1. The van der Waals surface area contributed by atoms with Crippen LogP contribution >= 0.6 is 27.5 Å². The van der Waals surface area contributed by atoms with Crippen LogP contribution in [0.3, 0.4) is 0 Å². The van der Waals surface area contributed by atoms with Crippen molar-refractivity contribution in [3.05, 3.63) is 57.3 Å². The summed E-state index contributed by atoms with van der Waals surface area (Å²) in [5, 5.41) is 3.68. The van der Waals surface area contributed by atoms with E-state index >= 15 is 0 Å². The van der Waals surface area contributed by atoms with Crippen molar-refractivity contribution < 1.29 is 9.13 Å². The van der Waals surface area contributed by atoms with E-state index in [0.29, 0.717) is 22.9 Å². The van der Waals surface area contributed by atoms with E-state index < -0.39 is 0 Å². The quantitative estimate of drug-likeness (QED) is 0.733. The van der Waals surface area contributed by atoms with Crippen LogP contribution in [0.2, 0.25) is 5.02 Å². The molecule has 2 aromatic carbocycles. The Balaban J connectivity index is 2.07. The highest BCUT2D eigenvalue weighted by Gasteiger charge is 2.06. The summed E-state index contributed by atoms with van der Waals surface area (Å²) in [6, 6.07) is 10.3. The minimum atomic E-state index is -0.239. The van der Waals surface area contributed by atoms with Crippen LogP contribution in [-0.2, 0) is 6.54 Å². The Labute approximate surface area is 137 Å². The standard InChI is InChI=1S/C16H16BrClFNO/c1-10(2)21-16-6-4-13(8-14(16)18)20-9-11-7-12(17)3-5-15(11)19/h3-8,10,20H,9H2,1-2H3. The van der Waals surface area contributed by atoms with Gasteiger partial charge in [-0.25, -0.2) is 4.39 Å². The molecular formula is C16H16BrClFNO. The second kappa shape index (κ2) is 7.14. The van der Waals surface area contributed by atoms with Crippen molar-refractivity contribution in [1.82, 2.24) is 0 Å². The van der Waals surface area contributed by atoms with Crippen LogP contribution in [0.5, 0.6) is 5.75 Å². The highest BCUT2D eigenvalue weighted by atomic mass is 79.9. The molecule has 0 atom stereocenters. The lowest BCUT2D eigenvalue weighted by molar-refractivity contribution is 0.242. The molecule has 0 unspecified atom stereocenters. The lowest BCUT2D eigenvalue weighted by Crippen LogP contribution is -2.06. The highest BCUT2D eigenvalue weighted by molar-refractivity contribution is 9.10. The summed E-state index contributed by atoms with van der Waals surface area (Å²) >= 11 is 9.50. The van der Waals surface area contributed by atoms with E-state index in [9.17, 15) is 4.39 Å². The van der Waals surface area contributed by atoms with E-state index in [-0.39, 0.29) is 11.9 Å². The highest BCUT2D eigenvalue weighted by Crippen LogP contribution is 2.29. The van der Waals surface area contributed by atoms with Gasteiger partial charge in [0.25, 0.3) is 0 Å². The van der Waals surface area contributed by atoms with Crippen molar-refractivity contribution >= 4 is 33.2 Å². The predicted molar refractivity (Wildman–Crippen MR) is 88.6 cm³/mol. The fourth-order valence-electron chi connectivity index (χ4n) is 1.84. The number of rotatable bonds is 5. The van der Waals surface area contributed by atoms with Crippen LogP contribution in [0.1, 0.15) is 19.4 Å². The zero-order valence-electron chi connectivity index (χ0n) is 11.8. The van der Waals surface area contributed by atoms with Gasteiger partial charge < -0.3 is 10.1 Å². The average Bonchev–Trinajstić information content (AvgIpc) is 2.42. The molecular weight excluding hydrogens is 357 g/mol. The normalized spacial score (nSPS) is 10.8. The molecule has 0 aromatic heterocycles. The van der Waals surface area contributed by atoms with Crippen molar-refractivity contribution in [2.24, 2.45) is 0 Å². The van der Waals surface area contributed by atoms with Crippen molar-refractivity contribution in [2.45, 2.75) is 26.5 Å². The van der Waals surface area contributed by atoms with E-state index in [1.807, 2.05) is 26.0 Å². The summed E-state index contributed by atoms with van der Waals surface area (Å²) in [6.45, 7) is 4.27. The van der Waals surface area contributed by atoms with E-state index in [4.69, 9.17) is 16.3 Å². The van der Waals surface area contributed by atoms with Gasteiger partial charge in [-0.15, -0.1) is 0 Å². The maximum absolute atomic E-state index is 13.7. The Hall–Kier alpha value is -1.26. The van der Waals surface area contributed by atoms with Gasteiger partial charge in [0.1, 0.15) is 11.6 Å². The van der Waals surface area contributed by atoms with E-state index in [1.165, 1.54) is 6.07 Å². The molecule has 2 nitrogen and oxygen atoms in total. The van der Waals surface area contributed by atoms with Gasteiger partial charge in [0.05, 0.1) is 11.1 Å². The third-order valence-electron chi connectivity index (χ3n) is 2.79. The lowest BCUT2D eigenvalue weighted by Gasteiger charge is -2.13. The Morgan fingerprint density at radius 3 is 2.67 bits per heavy atom. The van der Waals surface area contributed by atoms with Gasteiger partial charge in [0.15, 0.2) is 0 Å². The third kappa shape index (κ3) is 4.61. The third-order valence-corrected chi connectivity index (χ3v) is 3.57. The zero-order chi connectivity index (χ0) is 15.4. The van der Waals surface area contributed by atoms with Gasteiger partial charge in [-0.05, 0) is 50.2 Å². The number of ether oxygens (including phenoxy) is 1. The van der Waals surface area contributed by atoms with Gasteiger partial charge in [-0.2, -0.15) is 0 Å². The molecule has 21 heavy (non-hydrogen) atoms. The first-order valence-electron chi connectivity index (χ1n) is 6.59. The van der Waals surface area contributed by atoms with Crippen LogP contribution in [0, 0.1) is 5.82 Å². The lowest BCUT2D eigenvalue weighted by atomic mass is 10.2. The smallest absolute Gasteiger partial charge is 0.138 e. The number of hydrogen-bond donors (Lipinski definition) is 1. The van der Waals surface area contributed by atoms with Crippen molar-refractivity contribution in [1.29, 1.82) is 0 Å². The number of nitrogens with one attached hydrogen (secondary N) is 1. The fourth-order valence-corrected chi connectivity index (χ4v) is 2.47. The molecule has 2 rings (SSSR count). The van der Waals surface area contributed by atoms with Crippen LogP contribution in [0.4, 0.5) is 10.1 Å². The first-order chi connectivity index (χ1) is 9.95. The Kier molecular flexibility index (Phi) is 5.48. The molecule has 0 bridgehead atoms. The van der Waals surface area contributed by atoms with E-state index in [2.05, 4.69) is 21.2 Å². The molecule has 0 spiro atoms. The predicted octanol–water partition coefficient (Wildman–Crippen LogP) is 5.64. The minimum absolute atomic E-state index is 0.0667. The summed E-state index contributed by atoms with van der Waals surface area (Å²) in [6.07, 6.45) is 0.0667. The van der Waals surface area contributed by atoms with Crippen LogP contribution in [0.25, 0.3) is 0 Å². The molecule has 5 heteroatoms. The Bertz CT molecular complexity index is 634. The molecule has 0 amide bonds. The Morgan fingerprint density at radius 2 is 2.00 bits per heavy atom. The van der Waals surface area contributed by atoms with Gasteiger partial charge in [-0.3, -0.25) is 0 Å². The number of halogens is 3. The molecule has 0 aliphatic carbocycles. The topological polar surface area (TPSA) is 21.3 Å². The van der Waals surface area contributed by atoms with Crippen molar-refractivity contribution in [3.8, 4) is 5.75 Å². The maximum Gasteiger partial charge on any atom is 0.138 e. The van der Waals surface area contributed by atoms with E-state index in [1.54, 1.807) is 18.2 Å². The summed E-state index contributed by atoms with van der Waals surface area (Å²) in [4.78, 5) is 0. The SMILES string of the molecule is CC(C)Oc1ccc(NCc2cc(Br)ccc2F)cc1Cl. The molecule has 0 saturated heterocycles. The monoisotopic (exact) mass is 371 g/mol. The molecule has 0 radical (unpaired) electrons. The minimum Gasteiger partial charge on any atom is -0.489 e. The van der Waals surface area contributed by atoms with Crippen LogP contribution in [0.15, 0.2) is 40.9 Å². The Morgan fingerprint density at radius 1 is 1.24 bits per heavy atom. The van der Waals surface area contributed by atoms with Gasteiger partial charge in [0.2, 0.25) is 0 Å². The summed E-state index contributed by atoms with van der Waals surface area (Å²) in [5.41, 5.74) is 1.40. The summed E-state index contributed by atoms with van der Waals surface area (Å²) in [7, 11) is 0. The van der Waals surface area contributed by atoms with Crippen LogP contribution in [-0.4, -0.2) is 6.10 Å². The van der Waals surface area contributed by atoms with Crippen LogP contribution < -0.4 is 10.1 Å². The second-order valence-electron chi connectivity index (χ2n) is 4.90. The number of anilines is 1. The van der Waals surface area contributed by atoms with Gasteiger partial charge in [0, 0.05) is 22.3 Å². The number of hydrogen-bond acceptors (Lipinski definition) is 2. The molecule has 112 valence electrons. The largest absolute Gasteiger partial charge is 0.489 e. The van der Waals surface area contributed by atoms with Crippen molar-refractivity contribution in [2.75, 3.05) is 5.32 Å². The molecule has 1 N–H and O–H groups in total. The maximum atomic E-state index is 13.7. The molecule has 0 heterocycles. The summed E-state index contributed by atoms with van der Waals surface area (Å²) in [5.74, 6) is 0.405. The molecule has 0 saturated carbocycles. The van der Waals surface area contributed by atoms with Gasteiger partial charge in [-0.1, -0.05) is 27.5 Å². The molecule has 2 aromatic rings. The molecule has 0 aliphatic rings. The fraction of sp³-hybridized carbons (Fsp3) is 0.250. The zero-order valence-corrected chi connectivity index (χ0v) is 14.1.